The molecule has 9 nitrogen and oxygen atoms in total. The number of carbonyl (C=O) groups excluding carboxylic acids is 2. The van der Waals surface area contributed by atoms with Gasteiger partial charge >= 0.3 is 0 Å². The molecule has 2 amide bonds. The zero-order valence-electron chi connectivity index (χ0n) is 28.8. The number of halogens is 1. The third kappa shape index (κ3) is 6.43. The molecule has 3 aliphatic heterocycles. The number of nitrogens with one attached hydrogen (secondary N) is 1. The molecule has 0 saturated carbocycles. The number of para-hydroxylation sites is 1. The third-order valence-corrected chi connectivity index (χ3v) is 12.8. The van der Waals surface area contributed by atoms with Crippen LogP contribution in [0, 0.1) is 5.92 Å². The summed E-state index contributed by atoms with van der Waals surface area (Å²) >= 11 is 0. The Morgan fingerprint density at radius 2 is 1.78 bits per heavy atom. The van der Waals surface area contributed by atoms with Crippen molar-refractivity contribution in [2.75, 3.05) is 36.2 Å². The zero-order valence-corrected chi connectivity index (χ0v) is 29.8. The molecule has 11 heteroatoms. The number of hydrogen-bond donors (Lipinski definition) is 3. The molecular weight excluding hydrogens is 642 g/mol. The number of benzene rings is 3. The fourth-order valence-electron chi connectivity index (χ4n) is 8.21. The summed E-state index contributed by atoms with van der Waals surface area (Å²) in [5, 5.41) is 22.4. The molecule has 1 spiro atoms. The second-order valence-corrected chi connectivity index (χ2v) is 17.7. The van der Waals surface area contributed by atoms with Gasteiger partial charge in [0.2, 0.25) is 14.3 Å². The van der Waals surface area contributed by atoms with Crippen LogP contribution in [0.1, 0.15) is 49.8 Å². The maximum Gasteiger partial charge on any atom is 0.264 e. The van der Waals surface area contributed by atoms with Gasteiger partial charge in [0.1, 0.15) is 5.75 Å². The number of anilines is 3. The molecule has 0 radical (unpaired) electrons. The Morgan fingerprint density at radius 1 is 1.02 bits per heavy atom. The van der Waals surface area contributed by atoms with Crippen molar-refractivity contribution in [1.82, 2.24) is 5.32 Å². The smallest absolute Gasteiger partial charge is 0.264 e. The Labute approximate surface area is 289 Å². The van der Waals surface area contributed by atoms with Crippen LogP contribution < -0.4 is 19.9 Å². The van der Waals surface area contributed by atoms with Gasteiger partial charge in [-0.1, -0.05) is 37.3 Å². The van der Waals surface area contributed by atoms with Crippen molar-refractivity contribution >= 4 is 37.3 Å². The monoisotopic (exact) mass is 689 g/mol. The average Bonchev–Trinajstić information content (AvgIpc) is 3.50. The van der Waals surface area contributed by atoms with Crippen LogP contribution in [-0.4, -0.2) is 68.9 Å². The fourth-order valence-corrected chi connectivity index (χ4v) is 10.8. The molecule has 6 rings (SSSR count). The maximum atomic E-state index is 15.8. The minimum absolute atomic E-state index is 0.0577. The van der Waals surface area contributed by atoms with E-state index in [9.17, 15) is 19.8 Å². The van der Waals surface area contributed by atoms with Crippen LogP contribution in [0.15, 0.2) is 66.7 Å². The van der Waals surface area contributed by atoms with Gasteiger partial charge in [-0.05, 0) is 99.8 Å². The van der Waals surface area contributed by atoms with Crippen LogP contribution in [0.3, 0.4) is 0 Å². The lowest BCUT2D eigenvalue weighted by molar-refractivity contribution is -0.146. The number of unbranched alkanes of at least 4 members (excludes halogenated alkanes) is 1. The van der Waals surface area contributed by atoms with Crippen molar-refractivity contribution in [3.8, 4) is 5.75 Å². The van der Waals surface area contributed by atoms with Crippen LogP contribution in [-0.2, 0) is 32.9 Å². The standard InChI is InChI=1S/C38H48FN3O6Si/c1-5-47-29-16-17-32-27(22-29)23-31(40-19-8-9-20-43)36(45)42(32)28-14-12-26(13-15-28)24-41-33-11-7-6-10-30(33)38(37(41)46)25(2)35(49(3,4)39)34(48-38)18-21-44/h6-7,10-17,22,25,31,34-35,40,43-44H,5,8-9,18-21,23-24H2,1-4H3/t25-,31?,34+,35-,38+/m1/s1. The summed E-state index contributed by atoms with van der Waals surface area (Å²) in [5.74, 6) is 0.0765. The highest BCUT2D eigenvalue weighted by Crippen LogP contribution is 2.60. The highest BCUT2D eigenvalue weighted by atomic mass is 28.4. The van der Waals surface area contributed by atoms with Crippen LogP contribution in [0.5, 0.6) is 5.75 Å². The molecule has 1 saturated heterocycles. The van der Waals surface area contributed by atoms with Crippen molar-refractivity contribution in [3.05, 3.63) is 83.4 Å². The topological polar surface area (TPSA) is 112 Å². The SMILES string of the molecule is CCOc1ccc2c(c1)CC(NCCCCO)C(=O)N2c1ccc(CN2C(=O)[C@@]3(O[C@@H](CCO)[C@H]([Si](C)(C)F)[C@H]3C)c3ccccc32)cc1. The molecule has 3 aromatic rings. The van der Waals surface area contributed by atoms with Crippen LogP contribution in [0.2, 0.25) is 18.6 Å². The summed E-state index contributed by atoms with van der Waals surface area (Å²) in [5.41, 5.74) is 3.11. The lowest BCUT2D eigenvalue weighted by Crippen LogP contribution is -2.49. The molecule has 0 bridgehead atoms. The quantitative estimate of drug-likeness (QED) is 0.119. The molecule has 262 valence electrons. The molecule has 3 aromatic carbocycles. The lowest BCUT2D eigenvalue weighted by Gasteiger charge is -2.35. The van der Waals surface area contributed by atoms with E-state index < -0.39 is 37.6 Å². The van der Waals surface area contributed by atoms with Gasteiger partial charge in [-0.2, -0.15) is 0 Å². The molecule has 0 aliphatic carbocycles. The fraction of sp³-hybridized carbons (Fsp3) is 0.474. The van der Waals surface area contributed by atoms with Crippen LogP contribution in [0.25, 0.3) is 0 Å². The van der Waals surface area contributed by atoms with E-state index in [1.54, 1.807) is 22.9 Å². The van der Waals surface area contributed by atoms with Gasteiger partial charge in [0, 0.05) is 35.9 Å². The Morgan fingerprint density at radius 3 is 2.47 bits per heavy atom. The highest BCUT2D eigenvalue weighted by molar-refractivity contribution is 6.72. The molecule has 0 aromatic heterocycles. The zero-order chi connectivity index (χ0) is 34.9. The molecule has 3 heterocycles. The second kappa shape index (κ2) is 14.3. The highest BCUT2D eigenvalue weighted by Gasteiger charge is 2.66. The van der Waals surface area contributed by atoms with Gasteiger partial charge in [0.25, 0.3) is 5.91 Å². The number of amides is 2. The first-order valence-electron chi connectivity index (χ1n) is 17.5. The van der Waals surface area contributed by atoms with Gasteiger partial charge in [-0.25, -0.2) is 0 Å². The molecule has 1 fully saturated rings. The van der Waals surface area contributed by atoms with E-state index in [0.717, 1.165) is 40.2 Å². The predicted octanol–water partition coefficient (Wildman–Crippen LogP) is 5.74. The van der Waals surface area contributed by atoms with Crippen LogP contribution >= 0.6 is 0 Å². The van der Waals surface area contributed by atoms with Gasteiger partial charge < -0.3 is 34.0 Å². The van der Waals surface area contributed by atoms with E-state index >= 15 is 4.11 Å². The minimum Gasteiger partial charge on any atom is -0.494 e. The number of carbonyl (C=O) groups is 2. The summed E-state index contributed by atoms with van der Waals surface area (Å²) in [6.45, 7) is 8.58. The van der Waals surface area contributed by atoms with Gasteiger partial charge in [-0.15, -0.1) is 0 Å². The number of aliphatic hydroxyl groups is 2. The van der Waals surface area contributed by atoms with Crippen molar-refractivity contribution < 1.29 is 33.4 Å². The second-order valence-electron chi connectivity index (χ2n) is 13.9. The number of rotatable bonds is 13. The number of aliphatic hydroxyl groups excluding tert-OH is 2. The number of ether oxygens (including phenoxy) is 2. The first kappa shape index (κ1) is 35.2. The van der Waals surface area contributed by atoms with Gasteiger partial charge in [0.15, 0.2) is 5.60 Å². The summed E-state index contributed by atoms with van der Waals surface area (Å²) in [4.78, 5) is 31.9. The van der Waals surface area contributed by atoms with Gasteiger partial charge in [-0.3, -0.25) is 14.5 Å². The van der Waals surface area contributed by atoms with Gasteiger partial charge in [0.05, 0.1) is 36.7 Å². The number of hydrogen-bond acceptors (Lipinski definition) is 7. The van der Waals surface area contributed by atoms with E-state index in [4.69, 9.17) is 9.47 Å². The molecule has 49 heavy (non-hydrogen) atoms. The average molecular weight is 690 g/mol. The lowest BCUT2D eigenvalue weighted by atomic mass is 9.82. The molecule has 3 N–H and O–H groups in total. The Balaban J connectivity index is 1.28. The van der Waals surface area contributed by atoms with Crippen LogP contribution in [0.4, 0.5) is 21.2 Å². The molecular formula is C38H48FN3O6Si. The van der Waals surface area contributed by atoms with E-state index in [1.165, 1.54) is 0 Å². The normalized spacial score (nSPS) is 24.9. The Kier molecular flexibility index (Phi) is 10.3. The van der Waals surface area contributed by atoms with E-state index in [1.807, 2.05) is 80.6 Å². The maximum absolute atomic E-state index is 15.8. The summed E-state index contributed by atoms with van der Waals surface area (Å²) in [6, 6.07) is 20.6. The molecule has 1 unspecified atom stereocenters. The van der Waals surface area contributed by atoms with Crippen molar-refractivity contribution in [2.45, 2.75) is 82.5 Å². The van der Waals surface area contributed by atoms with E-state index in [2.05, 4.69) is 5.32 Å². The van der Waals surface area contributed by atoms with Crippen molar-refractivity contribution in [3.63, 3.8) is 0 Å². The summed E-state index contributed by atoms with van der Waals surface area (Å²) in [7, 11) is -3.27. The largest absolute Gasteiger partial charge is 0.494 e. The third-order valence-electron chi connectivity index (χ3n) is 10.3. The van der Waals surface area contributed by atoms with E-state index in [0.29, 0.717) is 31.7 Å². The first-order valence-corrected chi connectivity index (χ1v) is 20.4. The van der Waals surface area contributed by atoms with Crippen molar-refractivity contribution in [2.24, 2.45) is 5.92 Å². The number of nitrogens with zero attached hydrogens (tertiary/aromatic N) is 2. The van der Waals surface area contributed by atoms with E-state index in [-0.39, 0.29) is 38.0 Å². The Bertz CT molecular complexity index is 1670. The Hall–Kier alpha value is -3.61. The summed E-state index contributed by atoms with van der Waals surface area (Å²) in [6.07, 6.45) is 1.69. The minimum atomic E-state index is -3.27. The van der Waals surface area contributed by atoms with Crippen molar-refractivity contribution in [1.29, 1.82) is 0 Å². The number of fused-ring (bicyclic) bond motifs is 3. The molecule has 3 aliphatic rings. The molecule has 5 atom stereocenters. The predicted molar refractivity (Wildman–Crippen MR) is 190 cm³/mol. The summed E-state index contributed by atoms with van der Waals surface area (Å²) < 4.78 is 28.2. The first-order chi connectivity index (χ1) is 23.5.